The standard InChI is InChI=1S/C12H22N2O2/c1-2-16-10-6-9-14-11(15)12(13)7-4-3-5-8-12/h2H,1,3-10,13H2,(H,14,15). The van der Waals surface area contributed by atoms with Gasteiger partial charge in [-0.05, 0) is 19.3 Å². The van der Waals surface area contributed by atoms with Crippen LogP contribution >= 0.6 is 0 Å². The first-order valence-electron chi connectivity index (χ1n) is 5.99. The molecule has 1 aliphatic rings. The number of carbonyl (C=O) groups excluding carboxylic acids is 1. The van der Waals surface area contributed by atoms with Crippen LogP contribution in [0.25, 0.3) is 0 Å². The average molecular weight is 226 g/mol. The van der Waals surface area contributed by atoms with E-state index >= 15 is 0 Å². The van der Waals surface area contributed by atoms with Gasteiger partial charge in [0.05, 0.1) is 18.4 Å². The summed E-state index contributed by atoms with van der Waals surface area (Å²) in [6.07, 6.45) is 7.12. The zero-order chi connectivity index (χ0) is 11.9. The van der Waals surface area contributed by atoms with Crippen LogP contribution in [-0.4, -0.2) is 24.6 Å². The third kappa shape index (κ3) is 3.85. The lowest BCUT2D eigenvalue weighted by Gasteiger charge is -2.31. The minimum Gasteiger partial charge on any atom is -0.502 e. The lowest BCUT2D eigenvalue weighted by molar-refractivity contribution is -0.127. The molecule has 0 aromatic carbocycles. The van der Waals surface area contributed by atoms with Crippen molar-refractivity contribution >= 4 is 5.91 Å². The maximum absolute atomic E-state index is 11.9. The molecule has 0 unspecified atom stereocenters. The van der Waals surface area contributed by atoms with Gasteiger partial charge in [0.15, 0.2) is 0 Å². The topological polar surface area (TPSA) is 64.3 Å². The van der Waals surface area contributed by atoms with E-state index in [0.717, 1.165) is 32.1 Å². The zero-order valence-corrected chi connectivity index (χ0v) is 9.84. The molecule has 0 radical (unpaired) electrons. The summed E-state index contributed by atoms with van der Waals surface area (Å²) >= 11 is 0. The van der Waals surface area contributed by atoms with Gasteiger partial charge in [0.1, 0.15) is 0 Å². The van der Waals surface area contributed by atoms with Crippen molar-refractivity contribution in [1.29, 1.82) is 0 Å². The van der Waals surface area contributed by atoms with Crippen molar-refractivity contribution < 1.29 is 9.53 Å². The molecule has 0 aromatic rings. The number of ether oxygens (including phenoxy) is 1. The first-order chi connectivity index (χ1) is 7.69. The van der Waals surface area contributed by atoms with E-state index in [2.05, 4.69) is 11.9 Å². The maximum Gasteiger partial charge on any atom is 0.240 e. The van der Waals surface area contributed by atoms with Gasteiger partial charge in [-0.2, -0.15) is 0 Å². The maximum atomic E-state index is 11.9. The Kier molecular flexibility index (Phi) is 5.32. The number of carbonyl (C=O) groups is 1. The molecular weight excluding hydrogens is 204 g/mol. The highest BCUT2D eigenvalue weighted by atomic mass is 16.5. The summed E-state index contributed by atoms with van der Waals surface area (Å²) in [7, 11) is 0. The molecule has 1 rings (SSSR count). The third-order valence-corrected chi connectivity index (χ3v) is 3.04. The van der Waals surface area contributed by atoms with Gasteiger partial charge in [-0.1, -0.05) is 25.8 Å². The van der Waals surface area contributed by atoms with Gasteiger partial charge in [0.2, 0.25) is 5.91 Å². The fraction of sp³-hybridized carbons (Fsp3) is 0.750. The van der Waals surface area contributed by atoms with E-state index in [1.165, 1.54) is 12.7 Å². The minimum absolute atomic E-state index is 0.00852. The van der Waals surface area contributed by atoms with Gasteiger partial charge in [0, 0.05) is 6.54 Å². The Morgan fingerprint density at radius 3 is 2.75 bits per heavy atom. The van der Waals surface area contributed by atoms with Crippen molar-refractivity contribution in [3.05, 3.63) is 12.8 Å². The minimum atomic E-state index is -0.627. The summed E-state index contributed by atoms with van der Waals surface area (Å²) in [6, 6.07) is 0. The van der Waals surface area contributed by atoms with E-state index in [1.807, 2.05) is 0 Å². The van der Waals surface area contributed by atoms with Crippen molar-refractivity contribution in [2.24, 2.45) is 5.73 Å². The predicted molar refractivity (Wildman–Crippen MR) is 63.8 cm³/mol. The van der Waals surface area contributed by atoms with Crippen molar-refractivity contribution in [2.45, 2.75) is 44.1 Å². The normalized spacial score (nSPS) is 18.8. The summed E-state index contributed by atoms with van der Waals surface area (Å²) in [5.41, 5.74) is 5.46. The monoisotopic (exact) mass is 226 g/mol. The van der Waals surface area contributed by atoms with Crippen LogP contribution in [0.3, 0.4) is 0 Å². The molecule has 0 heterocycles. The highest BCUT2D eigenvalue weighted by Gasteiger charge is 2.34. The van der Waals surface area contributed by atoms with Gasteiger partial charge in [-0.3, -0.25) is 4.79 Å². The summed E-state index contributed by atoms with van der Waals surface area (Å²) in [5, 5.41) is 2.87. The van der Waals surface area contributed by atoms with E-state index < -0.39 is 5.54 Å². The van der Waals surface area contributed by atoms with Gasteiger partial charge >= 0.3 is 0 Å². The molecule has 0 atom stereocenters. The number of nitrogens with one attached hydrogen (secondary N) is 1. The van der Waals surface area contributed by atoms with E-state index in [4.69, 9.17) is 10.5 Å². The summed E-state index contributed by atoms with van der Waals surface area (Å²) in [5.74, 6) is -0.00852. The molecule has 92 valence electrons. The molecule has 0 aliphatic heterocycles. The Balaban J connectivity index is 2.20. The molecule has 16 heavy (non-hydrogen) atoms. The van der Waals surface area contributed by atoms with E-state index in [1.54, 1.807) is 0 Å². The Morgan fingerprint density at radius 2 is 2.12 bits per heavy atom. The van der Waals surface area contributed by atoms with Crippen molar-refractivity contribution in [1.82, 2.24) is 5.32 Å². The van der Waals surface area contributed by atoms with Crippen molar-refractivity contribution in [3.8, 4) is 0 Å². The molecule has 1 fully saturated rings. The zero-order valence-electron chi connectivity index (χ0n) is 9.84. The predicted octanol–water partition coefficient (Wildman–Crippen LogP) is 1.31. The summed E-state index contributed by atoms with van der Waals surface area (Å²) < 4.78 is 4.97. The van der Waals surface area contributed by atoms with Crippen molar-refractivity contribution in [3.63, 3.8) is 0 Å². The average Bonchev–Trinajstić information content (AvgIpc) is 2.29. The first kappa shape index (κ1) is 13.0. The highest BCUT2D eigenvalue weighted by Crippen LogP contribution is 2.25. The molecule has 1 amide bonds. The van der Waals surface area contributed by atoms with Gasteiger partial charge < -0.3 is 15.8 Å². The molecule has 0 bridgehead atoms. The second kappa shape index (κ2) is 6.53. The van der Waals surface area contributed by atoms with Crippen LogP contribution < -0.4 is 11.1 Å². The highest BCUT2D eigenvalue weighted by molar-refractivity contribution is 5.86. The lowest BCUT2D eigenvalue weighted by Crippen LogP contribution is -2.55. The molecule has 0 aromatic heterocycles. The van der Waals surface area contributed by atoms with Crippen LogP contribution in [0.5, 0.6) is 0 Å². The number of rotatable bonds is 6. The molecule has 3 N–H and O–H groups in total. The molecular formula is C12H22N2O2. The van der Waals surface area contributed by atoms with Crippen LogP contribution in [0.2, 0.25) is 0 Å². The third-order valence-electron chi connectivity index (χ3n) is 3.04. The SMILES string of the molecule is C=COCCCNC(=O)C1(N)CCCCC1. The number of nitrogens with two attached hydrogens (primary N) is 1. The largest absolute Gasteiger partial charge is 0.502 e. The van der Waals surface area contributed by atoms with E-state index in [-0.39, 0.29) is 5.91 Å². The molecule has 4 heteroatoms. The van der Waals surface area contributed by atoms with Gasteiger partial charge in [0.25, 0.3) is 0 Å². The second-order valence-electron chi connectivity index (χ2n) is 4.36. The van der Waals surface area contributed by atoms with Gasteiger partial charge in [-0.25, -0.2) is 0 Å². The Hall–Kier alpha value is -1.03. The molecule has 4 nitrogen and oxygen atoms in total. The molecule has 1 saturated carbocycles. The Labute approximate surface area is 97.2 Å². The Morgan fingerprint density at radius 1 is 1.44 bits per heavy atom. The molecule has 0 spiro atoms. The number of hydrogen-bond acceptors (Lipinski definition) is 3. The first-order valence-corrected chi connectivity index (χ1v) is 5.99. The fourth-order valence-corrected chi connectivity index (χ4v) is 2.03. The smallest absolute Gasteiger partial charge is 0.240 e. The summed E-state index contributed by atoms with van der Waals surface area (Å²) in [6.45, 7) is 4.65. The van der Waals surface area contributed by atoms with E-state index in [9.17, 15) is 4.79 Å². The van der Waals surface area contributed by atoms with Crippen LogP contribution in [0.1, 0.15) is 38.5 Å². The van der Waals surface area contributed by atoms with Crippen LogP contribution in [0, 0.1) is 0 Å². The fourth-order valence-electron chi connectivity index (χ4n) is 2.03. The second-order valence-corrected chi connectivity index (χ2v) is 4.36. The lowest BCUT2D eigenvalue weighted by atomic mass is 9.82. The molecule has 0 saturated heterocycles. The van der Waals surface area contributed by atoms with Gasteiger partial charge in [-0.15, -0.1) is 0 Å². The number of hydrogen-bond donors (Lipinski definition) is 2. The molecule has 1 aliphatic carbocycles. The van der Waals surface area contributed by atoms with Crippen LogP contribution in [-0.2, 0) is 9.53 Å². The quantitative estimate of drug-likeness (QED) is 0.530. The number of amides is 1. The van der Waals surface area contributed by atoms with Crippen molar-refractivity contribution in [2.75, 3.05) is 13.2 Å². The summed E-state index contributed by atoms with van der Waals surface area (Å²) in [4.78, 5) is 11.9. The van der Waals surface area contributed by atoms with Crippen LogP contribution in [0.4, 0.5) is 0 Å². The van der Waals surface area contributed by atoms with Crippen LogP contribution in [0.15, 0.2) is 12.8 Å². The van der Waals surface area contributed by atoms with E-state index in [0.29, 0.717) is 13.2 Å². The Bertz CT molecular complexity index is 235.